The van der Waals surface area contributed by atoms with Crippen LogP contribution < -0.4 is 5.32 Å². The lowest BCUT2D eigenvalue weighted by molar-refractivity contribution is 0.196. The molecule has 21 heavy (non-hydrogen) atoms. The van der Waals surface area contributed by atoms with Crippen LogP contribution in [0.3, 0.4) is 0 Å². The van der Waals surface area contributed by atoms with E-state index in [1.165, 1.54) is 11.1 Å². The molecule has 1 rings (SSSR count). The van der Waals surface area contributed by atoms with Crippen LogP contribution in [0, 0.1) is 6.92 Å². The van der Waals surface area contributed by atoms with Crippen LogP contribution in [-0.2, 0) is 6.42 Å². The Morgan fingerprint density at radius 1 is 1.14 bits per heavy atom. The fraction of sp³-hybridized carbons (Fsp3) is 0.611. The van der Waals surface area contributed by atoms with Gasteiger partial charge >= 0.3 is 6.03 Å². The van der Waals surface area contributed by atoms with Crippen LogP contribution in [0.2, 0.25) is 0 Å². The highest BCUT2D eigenvalue weighted by Gasteiger charge is 2.11. The Labute approximate surface area is 129 Å². The van der Waals surface area contributed by atoms with Crippen molar-refractivity contribution in [2.24, 2.45) is 0 Å². The van der Waals surface area contributed by atoms with Gasteiger partial charge in [-0.15, -0.1) is 0 Å². The second-order valence-corrected chi connectivity index (χ2v) is 5.67. The third kappa shape index (κ3) is 7.16. The van der Waals surface area contributed by atoms with Crippen LogP contribution >= 0.6 is 0 Å². The second-order valence-electron chi connectivity index (χ2n) is 5.67. The summed E-state index contributed by atoms with van der Waals surface area (Å²) in [6.45, 7) is 8.86. The Kier molecular flexibility index (Phi) is 8.56. The fourth-order valence-electron chi connectivity index (χ4n) is 2.31. The van der Waals surface area contributed by atoms with Gasteiger partial charge < -0.3 is 10.2 Å². The highest BCUT2D eigenvalue weighted by Crippen LogP contribution is 2.04. The summed E-state index contributed by atoms with van der Waals surface area (Å²) < 4.78 is 0. The highest BCUT2D eigenvalue weighted by atomic mass is 16.2. The average molecular weight is 290 g/mol. The van der Waals surface area contributed by atoms with Gasteiger partial charge in [0.1, 0.15) is 0 Å². The van der Waals surface area contributed by atoms with Gasteiger partial charge in [-0.2, -0.15) is 0 Å². The van der Waals surface area contributed by atoms with Crippen molar-refractivity contribution < 1.29 is 4.79 Å². The molecule has 0 aromatic heterocycles. The Morgan fingerprint density at radius 2 is 1.81 bits per heavy atom. The summed E-state index contributed by atoms with van der Waals surface area (Å²) in [6.07, 6.45) is 5.30. The number of urea groups is 1. The van der Waals surface area contributed by atoms with Gasteiger partial charge in [0.05, 0.1) is 0 Å². The average Bonchev–Trinajstić information content (AvgIpc) is 2.47. The number of amides is 2. The highest BCUT2D eigenvalue weighted by molar-refractivity contribution is 5.74. The molecule has 0 saturated heterocycles. The molecule has 3 nitrogen and oxygen atoms in total. The van der Waals surface area contributed by atoms with Crippen LogP contribution in [0.15, 0.2) is 24.3 Å². The molecular weight excluding hydrogens is 260 g/mol. The number of carbonyl (C=O) groups is 1. The number of aryl methyl sites for hydroxylation is 1. The van der Waals surface area contributed by atoms with Crippen molar-refractivity contribution in [3.63, 3.8) is 0 Å². The van der Waals surface area contributed by atoms with E-state index in [1.54, 1.807) is 0 Å². The zero-order valence-corrected chi connectivity index (χ0v) is 13.8. The molecule has 0 radical (unpaired) electrons. The standard InChI is InChI=1S/C18H30N2O/c1-4-6-13-20(14-7-5-2)18(21)19-12-11-17-10-8-9-16(3)15-17/h8-10,15H,4-7,11-14H2,1-3H3,(H,19,21). The lowest BCUT2D eigenvalue weighted by Gasteiger charge is -2.22. The van der Waals surface area contributed by atoms with E-state index in [0.29, 0.717) is 6.54 Å². The summed E-state index contributed by atoms with van der Waals surface area (Å²) in [5.41, 5.74) is 2.55. The van der Waals surface area contributed by atoms with Crippen molar-refractivity contribution in [2.45, 2.75) is 52.9 Å². The van der Waals surface area contributed by atoms with Crippen molar-refractivity contribution in [1.29, 1.82) is 0 Å². The minimum Gasteiger partial charge on any atom is -0.338 e. The second kappa shape index (κ2) is 10.3. The first kappa shape index (κ1) is 17.5. The largest absolute Gasteiger partial charge is 0.338 e. The van der Waals surface area contributed by atoms with Gasteiger partial charge in [-0.3, -0.25) is 0 Å². The quantitative estimate of drug-likeness (QED) is 0.728. The first-order valence-corrected chi connectivity index (χ1v) is 8.25. The van der Waals surface area contributed by atoms with E-state index in [9.17, 15) is 4.79 Å². The van der Waals surface area contributed by atoms with E-state index < -0.39 is 0 Å². The topological polar surface area (TPSA) is 32.3 Å². The molecule has 0 heterocycles. The van der Waals surface area contributed by atoms with Gasteiger partial charge in [-0.05, 0) is 31.7 Å². The summed E-state index contributed by atoms with van der Waals surface area (Å²) in [4.78, 5) is 14.2. The Balaban J connectivity index is 2.37. The molecule has 1 N–H and O–H groups in total. The van der Waals surface area contributed by atoms with Crippen molar-refractivity contribution in [1.82, 2.24) is 10.2 Å². The van der Waals surface area contributed by atoms with Crippen LogP contribution in [0.4, 0.5) is 4.79 Å². The third-order valence-electron chi connectivity index (χ3n) is 3.62. The Hall–Kier alpha value is -1.51. The van der Waals surface area contributed by atoms with Gasteiger partial charge in [0, 0.05) is 19.6 Å². The maximum Gasteiger partial charge on any atom is 0.317 e. The number of benzene rings is 1. The molecule has 0 aliphatic heterocycles. The van der Waals surface area contributed by atoms with E-state index >= 15 is 0 Å². The minimum absolute atomic E-state index is 0.0875. The Bertz CT molecular complexity index is 409. The maximum absolute atomic E-state index is 12.2. The normalized spacial score (nSPS) is 10.4. The van der Waals surface area contributed by atoms with Crippen molar-refractivity contribution >= 4 is 6.03 Å². The van der Waals surface area contributed by atoms with Crippen LogP contribution in [0.1, 0.15) is 50.7 Å². The van der Waals surface area contributed by atoms with Gasteiger partial charge in [0.2, 0.25) is 0 Å². The summed E-state index contributed by atoms with van der Waals surface area (Å²) >= 11 is 0. The van der Waals surface area contributed by atoms with Crippen molar-refractivity contribution in [2.75, 3.05) is 19.6 Å². The van der Waals surface area contributed by atoms with Crippen LogP contribution in [-0.4, -0.2) is 30.6 Å². The molecule has 0 aliphatic rings. The van der Waals surface area contributed by atoms with E-state index in [4.69, 9.17) is 0 Å². The number of rotatable bonds is 9. The molecule has 0 fully saturated rings. The zero-order chi connectivity index (χ0) is 15.5. The molecule has 1 aromatic carbocycles. The Morgan fingerprint density at radius 3 is 2.38 bits per heavy atom. The van der Waals surface area contributed by atoms with Gasteiger partial charge in [0.15, 0.2) is 0 Å². The van der Waals surface area contributed by atoms with E-state index in [1.807, 2.05) is 4.90 Å². The molecule has 3 heteroatoms. The summed E-state index contributed by atoms with van der Waals surface area (Å²) in [5, 5.41) is 3.06. The molecule has 0 unspecified atom stereocenters. The molecule has 0 saturated carbocycles. The first-order chi connectivity index (χ1) is 10.2. The predicted molar refractivity (Wildman–Crippen MR) is 89.7 cm³/mol. The molecule has 0 spiro atoms. The minimum atomic E-state index is 0.0875. The summed E-state index contributed by atoms with van der Waals surface area (Å²) in [7, 11) is 0. The predicted octanol–water partition coefficient (Wildman–Crippen LogP) is 4.15. The number of nitrogens with zero attached hydrogens (tertiary/aromatic N) is 1. The van der Waals surface area contributed by atoms with E-state index in [-0.39, 0.29) is 6.03 Å². The first-order valence-electron chi connectivity index (χ1n) is 8.25. The van der Waals surface area contributed by atoms with Crippen molar-refractivity contribution in [3.05, 3.63) is 35.4 Å². The lowest BCUT2D eigenvalue weighted by atomic mass is 10.1. The smallest absolute Gasteiger partial charge is 0.317 e. The lowest BCUT2D eigenvalue weighted by Crippen LogP contribution is -2.41. The molecule has 0 atom stereocenters. The number of nitrogens with one attached hydrogen (secondary N) is 1. The fourth-order valence-corrected chi connectivity index (χ4v) is 2.31. The van der Waals surface area contributed by atoms with E-state index in [0.717, 1.165) is 45.2 Å². The van der Waals surface area contributed by atoms with E-state index in [2.05, 4.69) is 50.4 Å². The molecule has 0 aliphatic carbocycles. The molecule has 2 amide bonds. The molecular formula is C18H30N2O. The maximum atomic E-state index is 12.2. The monoisotopic (exact) mass is 290 g/mol. The molecule has 0 bridgehead atoms. The van der Waals surface area contributed by atoms with Gasteiger partial charge in [0.25, 0.3) is 0 Å². The SMILES string of the molecule is CCCCN(CCCC)C(=O)NCCc1cccc(C)c1. The summed E-state index contributed by atoms with van der Waals surface area (Å²) in [6, 6.07) is 8.55. The van der Waals surface area contributed by atoms with Gasteiger partial charge in [-0.1, -0.05) is 56.5 Å². The van der Waals surface area contributed by atoms with Crippen LogP contribution in [0.5, 0.6) is 0 Å². The summed E-state index contributed by atoms with van der Waals surface area (Å²) in [5.74, 6) is 0. The van der Waals surface area contributed by atoms with Crippen molar-refractivity contribution in [3.8, 4) is 0 Å². The van der Waals surface area contributed by atoms with Gasteiger partial charge in [-0.25, -0.2) is 4.79 Å². The number of hydrogen-bond acceptors (Lipinski definition) is 1. The molecule has 118 valence electrons. The number of unbranched alkanes of at least 4 members (excludes halogenated alkanes) is 2. The number of carbonyl (C=O) groups excluding carboxylic acids is 1. The van der Waals surface area contributed by atoms with Crippen LogP contribution in [0.25, 0.3) is 0 Å². The third-order valence-corrected chi connectivity index (χ3v) is 3.62. The molecule has 1 aromatic rings. The number of hydrogen-bond donors (Lipinski definition) is 1. The zero-order valence-electron chi connectivity index (χ0n) is 13.8.